The van der Waals surface area contributed by atoms with Gasteiger partial charge in [0.05, 0.1) is 36.6 Å². The van der Waals surface area contributed by atoms with Crippen LogP contribution < -0.4 is 26.4 Å². The van der Waals surface area contributed by atoms with Gasteiger partial charge in [0.1, 0.15) is 18.5 Å². The Hall–Kier alpha value is -3.91. The van der Waals surface area contributed by atoms with Crippen molar-refractivity contribution in [2.75, 3.05) is 37.4 Å². The normalized spacial score (nSPS) is 17.6. The van der Waals surface area contributed by atoms with Crippen molar-refractivity contribution in [3.8, 4) is 17.6 Å². The molecule has 1 aliphatic heterocycles. The summed E-state index contributed by atoms with van der Waals surface area (Å²) in [6.07, 6.45) is -5.01. The highest BCUT2D eigenvalue weighted by atomic mass is 19.4. The molecule has 11 heteroatoms. The van der Waals surface area contributed by atoms with Gasteiger partial charge < -0.3 is 31.0 Å². The number of nitrogens with zero attached hydrogens (tertiary/aromatic N) is 1. The van der Waals surface area contributed by atoms with Gasteiger partial charge in [-0.15, -0.1) is 0 Å². The molecule has 0 unspecified atom stereocenters. The zero-order chi connectivity index (χ0) is 26.6. The van der Waals surface area contributed by atoms with E-state index in [2.05, 4.69) is 27.8 Å². The molecule has 7 nitrogen and oxygen atoms in total. The molecule has 0 radical (unpaired) electrons. The van der Waals surface area contributed by atoms with Crippen LogP contribution in [0.3, 0.4) is 0 Å². The van der Waals surface area contributed by atoms with Gasteiger partial charge in [-0.05, 0) is 55.3 Å². The molecule has 1 aliphatic rings. The quantitative estimate of drug-likeness (QED) is 0.282. The molecule has 5 N–H and O–H groups in total. The third kappa shape index (κ3) is 6.27. The number of anilines is 2. The molecular formula is C26H27F4N5O2. The Bertz CT molecular complexity index is 1340. The molecule has 0 saturated carbocycles. The molecule has 0 bridgehead atoms. The van der Waals surface area contributed by atoms with Gasteiger partial charge in [-0.3, -0.25) is 4.79 Å². The van der Waals surface area contributed by atoms with Crippen LogP contribution in [0.1, 0.15) is 22.5 Å². The van der Waals surface area contributed by atoms with E-state index in [1.165, 1.54) is 19.2 Å². The molecule has 2 heterocycles. The van der Waals surface area contributed by atoms with Gasteiger partial charge in [0.25, 0.3) is 0 Å². The smallest absolute Gasteiger partial charge is 0.406 e. The van der Waals surface area contributed by atoms with Crippen molar-refractivity contribution in [3.63, 3.8) is 0 Å². The molecule has 2 aromatic carbocycles. The molecule has 1 fully saturated rings. The summed E-state index contributed by atoms with van der Waals surface area (Å²) in [4.78, 5) is 11.4. The zero-order valence-electron chi connectivity index (χ0n) is 20.1. The number of nitrogens with two attached hydrogens (primary N) is 1. The number of ether oxygens (including phenoxy) is 1. The number of fused-ring (bicyclic) bond motifs is 1. The van der Waals surface area contributed by atoms with E-state index in [1.807, 2.05) is 0 Å². The second kappa shape index (κ2) is 11.0. The Balaban J connectivity index is 1.61. The van der Waals surface area contributed by atoms with Crippen LogP contribution in [0.5, 0.6) is 5.75 Å². The predicted molar refractivity (Wildman–Crippen MR) is 135 cm³/mol. The summed E-state index contributed by atoms with van der Waals surface area (Å²) in [5.41, 5.74) is 7.21. The van der Waals surface area contributed by atoms with E-state index in [0.29, 0.717) is 41.0 Å². The highest BCUT2D eigenvalue weighted by Crippen LogP contribution is 2.31. The molecule has 1 aromatic heterocycles. The SMILES string of the molecule is COc1cc(C(N)=O)ccc1NCC#Cc1cc2c(N[C@@H]3CCNC[C@@H]3F)cccc2n1CC(F)(F)F. The maximum atomic E-state index is 14.4. The van der Waals surface area contributed by atoms with E-state index >= 15 is 0 Å². The van der Waals surface area contributed by atoms with Crippen LogP contribution in [0.25, 0.3) is 10.9 Å². The number of aromatic nitrogens is 1. The monoisotopic (exact) mass is 517 g/mol. The van der Waals surface area contributed by atoms with Gasteiger partial charge in [-0.25, -0.2) is 4.39 Å². The number of alkyl halides is 4. The minimum atomic E-state index is -4.46. The molecule has 37 heavy (non-hydrogen) atoms. The van der Waals surface area contributed by atoms with Crippen molar-refractivity contribution >= 4 is 28.2 Å². The van der Waals surface area contributed by atoms with Gasteiger partial charge in [0.2, 0.25) is 5.91 Å². The summed E-state index contributed by atoms with van der Waals surface area (Å²) in [6, 6.07) is 10.7. The Morgan fingerprint density at radius 3 is 2.76 bits per heavy atom. The number of carbonyl (C=O) groups is 1. The fraction of sp³-hybridized carbons (Fsp3) is 0.346. The number of rotatable bonds is 7. The van der Waals surface area contributed by atoms with Crippen LogP contribution in [-0.2, 0) is 6.54 Å². The maximum Gasteiger partial charge on any atom is 0.406 e. The third-order valence-electron chi connectivity index (χ3n) is 6.10. The number of hydrogen-bond donors (Lipinski definition) is 4. The minimum Gasteiger partial charge on any atom is -0.495 e. The van der Waals surface area contributed by atoms with E-state index in [0.717, 1.165) is 4.57 Å². The van der Waals surface area contributed by atoms with Gasteiger partial charge in [-0.2, -0.15) is 13.2 Å². The Morgan fingerprint density at radius 2 is 2.05 bits per heavy atom. The molecule has 2 atom stereocenters. The van der Waals surface area contributed by atoms with Crippen LogP contribution >= 0.6 is 0 Å². The van der Waals surface area contributed by atoms with E-state index < -0.39 is 30.8 Å². The number of benzene rings is 2. The average molecular weight is 518 g/mol. The fourth-order valence-electron chi connectivity index (χ4n) is 4.31. The molecule has 0 spiro atoms. The van der Waals surface area contributed by atoms with Crippen molar-refractivity contribution in [1.29, 1.82) is 0 Å². The average Bonchev–Trinajstić information content (AvgIpc) is 3.19. The van der Waals surface area contributed by atoms with Crippen molar-refractivity contribution in [3.05, 3.63) is 53.7 Å². The Morgan fingerprint density at radius 1 is 1.24 bits per heavy atom. The van der Waals surface area contributed by atoms with E-state index in [9.17, 15) is 22.4 Å². The second-order valence-corrected chi connectivity index (χ2v) is 8.66. The van der Waals surface area contributed by atoms with Crippen LogP contribution in [0, 0.1) is 11.8 Å². The highest BCUT2D eigenvalue weighted by Gasteiger charge is 2.30. The summed E-state index contributed by atoms with van der Waals surface area (Å²) >= 11 is 0. The summed E-state index contributed by atoms with van der Waals surface area (Å²) < 4.78 is 61.0. The van der Waals surface area contributed by atoms with Gasteiger partial charge in [0, 0.05) is 23.2 Å². The lowest BCUT2D eigenvalue weighted by atomic mass is 10.0. The Kier molecular flexibility index (Phi) is 7.78. The Labute approximate surface area is 211 Å². The number of nitrogens with one attached hydrogen (secondary N) is 3. The lowest BCUT2D eigenvalue weighted by Crippen LogP contribution is -2.45. The summed E-state index contributed by atoms with van der Waals surface area (Å²) in [5, 5.41) is 9.73. The van der Waals surface area contributed by atoms with Gasteiger partial charge in [0.15, 0.2) is 0 Å². The van der Waals surface area contributed by atoms with Crippen LogP contribution in [0.4, 0.5) is 28.9 Å². The summed E-state index contributed by atoms with van der Waals surface area (Å²) in [5.74, 6) is 5.45. The number of carbonyl (C=O) groups excluding carboxylic acids is 1. The summed E-state index contributed by atoms with van der Waals surface area (Å²) in [6.45, 7) is -0.228. The molecule has 3 aromatic rings. The number of hydrogen-bond acceptors (Lipinski definition) is 5. The number of halogens is 4. The topological polar surface area (TPSA) is 93.3 Å². The molecule has 0 aliphatic carbocycles. The predicted octanol–water partition coefficient (Wildman–Crippen LogP) is 3.89. The van der Waals surface area contributed by atoms with Crippen molar-refractivity contribution in [1.82, 2.24) is 9.88 Å². The largest absolute Gasteiger partial charge is 0.495 e. The number of primary amides is 1. The lowest BCUT2D eigenvalue weighted by Gasteiger charge is -2.28. The van der Waals surface area contributed by atoms with E-state index in [4.69, 9.17) is 10.5 Å². The van der Waals surface area contributed by atoms with Crippen molar-refractivity contribution < 1.29 is 27.1 Å². The first-order chi connectivity index (χ1) is 17.7. The van der Waals surface area contributed by atoms with Crippen LogP contribution in [-0.4, -0.2) is 55.6 Å². The maximum absolute atomic E-state index is 14.4. The standard InChI is InChI=1S/C26H27F4N5O2/c1-37-24-12-16(25(31)36)7-8-22(24)33-10-3-4-17-13-18-20(34-21-9-11-32-14-19(21)27)5-2-6-23(18)35(17)15-26(28,29)30/h2,5-8,12-13,19,21,32-34H,9-11,14-15H2,1H3,(H2,31,36)/t19-,21+/m0/s1. The van der Waals surface area contributed by atoms with Crippen LogP contribution in [0.15, 0.2) is 42.5 Å². The minimum absolute atomic E-state index is 0.101. The number of amides is 1. The first-order valence-electron chi connectivity index (χ1n) is 11.7. The summed E-state index contributed by atoms with van der Waals surface area (Å²) in [7, 11) is 1.44. The van der Waals surface area contributed by atoms with Crippen molar-refractivity contribution in [2.24, 2.45) is 5.73 Å². The van der Waals surface area contributed by atoms with Crippen LogP contribution in [0.2, 0.25) is 0 Å². The van der Waals surface area contributed by atoms with Crippen molar-refractivity contribution in [2.45, 2.75) is 31.4 Å². The van der Waals surface area contributed by atoms with E-state index in [1.54, 1.807) is 30.3 Å². The molecular weight excluding hydrogens is 490 g/mol. The number of piperidine rings is 1. The molecule has 4 rings (SSSR count). The molecule has 1 amide bonds. The second-order valence-electron chi connectivity index (χ2n) is 8.66. The fourth-order valence-corrected chi connectivity index (χ4v) is 4.31. The molecule has 1 saturated heterocycles. The first kappa shape index (κ1) is 26.2. The highest BCUT2D eigenvalue weighted by molar-refractivity contribution is 5.94. The van der Waals surface area contributed by atoms with Gasteiger partial charge >= 0.3 is 6.18 Å². The van der Waals surface area contributed by atoms with Gasteiger partial charge in [-0.1, -0.05) is 12.0 Å². The zero-order valence-corrected chi connectivity index (χ0v) is 20.1. The number of methoxy groups -OCH3 is 1. The lowest BCUT2D eigenvalue weighted by molar-refractivity contribution is -0.140. The first-order valence-corrected chi connectivity index (χ1v) is 11.7. The third-order valence-corrected chi connectivity index (χ3v) is 6.10. The molecule has 196 valence electrons. The van der Waals surface area contributed by atoms with E-state index in [-0.39, 0.29) is 24.3 Å².